The molecule has 5 nitrogen and oxygen atoms in total. The van der Waals surface area contributed by atoms with Crippen LogP contribution in [0.15, 0.2) is 64.7 Å². The van der Waals surface area contributed by atoms with Crippen LogP contribution >= 0.6 is 0 Å². The second-order valence-electron chi connectivity index (χ2n) is 4.96. The molecule has 0 aliphatic heterocycles. The van der Waals surface area contributed by atoms with Gasteiger partial charge in [0.25, 0.3) is 10.0 Å². The Morgan fingerprint density at radius 2 is 1.82 bits per heavy atom. The van der Waals surface area contributed by atoms with E-state index < -0.39 is 10.0 Å². The highest BCUT2D eigenvalue weighted by atomic mass is 32.2. The maximum atomic E-state index is 12.1. The summed E-state index contributed by atoms with van der Waals surface area (Å²) in [5.41, 5.74) is 2.80. The zero-order valence-electron chi connectivity index (χ0n) is 11.9. The molecule has 0 spiro atoms. The smallest absolute Gasteiger partial charge is 0.276 e. The standard InChI is InChI=1S/C16H15N3O2S/c1-12-6-8-14(9-7-12)22(20,21)19-18-11-13-10-17-16-5-3-2-4-15(13)16/h2-11,17,19H,1H3. The van der Waals surface area contributed by atoms with Crippen LogP contribution in [-0.2, 0) is 10.0 Å². The summed E-state index contributed by atoms with van der Waals surface area (Å²) in [5.74, 6) is 0. The van der Waals surface area contributed by atoms with Gasteiger partial charge in [-0.25, -0.2) is 4.83 Å². The van der Waals surface area contributed by atoms with Crippen LogP contribution in [0.5, 0.6) is 0 Å². The number of sulfonamides is 1. The quantitative estimate of drug-likeness (QED) is 0.574. The van der Waals surface area contributed by atoms with Crippen molar-refractivity contribution in [3.8, 4) is 0 Å². The van der Waals surface area contributed by atoms with E-state index in [1.54, 1.807) is 30.5 Å². The molecule has 6 heteroatoms. The topological polar surface area (TPSA) is 74.3 Å². The normalized spacial score (nSPS) is 12.0. The van der Waals surface area contributed by atoms with Gasteiger partial charge in [-0.2, -0.15) is 13.5 Å². The second-order valence-corrected chi connectivity index (χ2v) is 6.62. The van der Waals surface area contributed by atoms with Crippen LogP contribution in [0.3, 0.4) is 0 Å². The highest BCUT2D eigenvalue weighted by Crippen LogP contribution is 2.15. The fraction of sp³-hybridized carbons (Fsp3) is 0.0625. The van der Waals surface area contributed by atoms with Gasteiger partial charge in [0.15, 0.2) is 0 Å². The first-order chi connectivity index (χ1) is 10.6. The summed E-state index contributed by atoms with van der Waals surface area (Å²) in [6.45, 7) is 1.90. The number of benzene rings is 2. The molecule has 3 aromatic rings. The molecule has 0 saturated heterocycles. The van der Waals surface area contributed by atoms with Gasteiger partial charge in [0.2, 0.25) is 0 Å². The molecule has 0 aliphatic rings. The number of hydrazone groups is 1. The van der Waals surface area contributed by atoms with E-state index in [2.05, 4.69) is 14.9 Å². The second kappa shape index (κ2) is 5.65. The van der Waals surface area contributed by atoms with Crippen molar-refractivity contribution in [1.82, 2.24) is 9.82 Å². The van der Waals surface area contributed by atoms with Gasteiger partial charge in [0.1, 0.15) is 0 Å². The molecule has 0 amide bonds. The Labute approximate surface area is 128 Å². The van der Waals surface area contributed by atoms with Crippen molar-refractivity contribution in [2.45, 2.75) is 11.8 Å². The minimum atomic E-state index is -3.64. The van der Waals surface area contributed by atoms with Crippen molar-refractivity contribution in [2.75, 3.05) is 0 Å². The van der Waals surface area contributed by atoms with E-state index in [1.165, 1.54) is 6.21 Å². The van der Waals surface area contributed by atoms with Gasteiger partial charge in [0, 0.05) is 22.7 Å². The first-order valence-electron chi connectivity index (χ1n) is 6.74. The number of nitrogens with one attached hydrogen (secondary N) is 2. The predicted molar refractivity (Wildman–Crippen MR) is 87.4 cm³/mol. The van der Waals surface area contributed by atoms with E-state index in [0.29, 0.717) is 0 Å². The highest BCUT2D eigenvalue weighted by Gasteiger charge is 2.11. The van der Waals surface area contributed by atoms with Crippen LogP contribution in [0.4, 0.5) is 0 Å². The zero-order chi connectivity index (χ0) is 15.6. The zero-order valence-corrected chi connectivity index (χ0v) is 12.8. The van der Waals surface area contributed by atoms with Crippen LogP contribution in [0.2, 0.25) is 0 Å². The van der Waals surface area contributed by atoms with Gasteiger partial charge in [-0.05, 0) is 25.1 Å². The molecule has 0 atom stereocenters. The predicted octanol–water partition coefficient (Wildman–Crippen LogP) is 2.79. The molecule has 1 heterocycles. The molecule has 0 bridgehead atoms. The van der Waals surface area contributed by atoms with Gasteiger partial charge < -0.3 is 4.98 Å². The van der Waals surface area contributed by atoms with E-state index in [9.17, 15) is 8.42 Å². The summed E-state index contributed by atoms with van der Waals surface area (Å²) in [4.78, 5) is 5.52. The van der Waals surface area contributed by atoms with Crippen molar-refractivity contribution < 1.29 is 8.42 Å². The fourth-order valence-corrected chi connectivity index (χ4v) is 2.93. The van der Waals surface area contributed by atoms with E-state index in [0.717, 1.165) is 22.0 Å². The number of aryl methyl sites for hydroxylation is 1. The molecule has 1 aromatic heterocycles. The average Bonchev–Trinajstić information content (AvgIpc) is 2.91. The average molecular weight is 313 g/mol. The molecule has 2 aromatic carbocycles. The number of aromatic nitrogens is 1. The first kappa shape index (κ1) is 14.3. The van der Waals surface area contributed by atoms with E-state index in [1.807, 2.05) is 31.2 Å². The minimum absolute atomic E-state index is 0.189. The number of nitrogens with zero attached hydrogens (tertiary/aromatic N) is 1. The van der Waals surface area contributed by atoms with E-state index >= 15 is 0 Å². The fourth-order valence-electron chi connectivity index (χ4n) is 2.14. The molecule has 0 unspecified atom stereocenters. The third kappa shape index (κ3) is 2.87. The van der Waals surface area contributed by atoms with E-state index in [4.69, 9.17) is 0 Å². The van der Waals surface area contributed by atoms with Gasteiger partial charge in [0.05, 0.1) is 11.1 Å². The third-order valence-corrected chi connectivity index (χ3v) is 4.57. The first-order valence-corrected chi connectivity index (χ1v) is 8.22. The molecule has 0 saturated carbocycles. The largest absolute Gasteiger partial charge is 0.361 e. The monoisotopic (exact) mass is 313 g/mol. The van der Waals surface area contributed by atoms with Crippen LogP contribution in [-0.4, -0.2) is 19.6 Å². The number of para-hydroxylation sites is 1. The number of hydrogen-bond acceptors (Lipinski definition) is 3. The van der Waals surface area contributed by atoms with Crippen molar-refractivity contribution in [2.24, 2.45) is 5.10 Å². The highest BCUT2D eigenvalue weighted by molar-refractivity contribution is 7.89. The van der Waals surface area contributed by atoms with E-state index in [-0.39, 0.29) is 4.90 Å². The van der Waals surface area contributed by atoms with Gasteiger partial charge in [-0.1, -0.05) is 35.9 Å². The molecular formula is C16H15N3O2S. The Bertz CT molecular complexity index is 925. The van der Waals surface area contributed by atoms with Gasteiger partial charge >= 0.3 is 0 Å². The molecule has 0 fully saturated rings. The van der Waals surface area contributed by atoms with Crippen molar-refractivity contribution in [3.63, 3.8) is 0 Å². The summed E-state index contributed by atoms with van der Waals surface area (Å²) in [5, 5.41) is 4.84. The lowest BCUT2D eigenvalue weighted by Crippen LogP contribution is -2.18. The van der Waals surface area contributed by atoms with Crippen LogP contribution in [0, 0.1) is 6.92 Å². The summed E-state index contributed by atoms with van der Waals surface area (Å²) in [6, 6.07) is 14.3. The van der Waals surface area contributed by atoms with Crippen molar-refractivity contribution in [1.29, 1.82) is 0 Å². The third-order valence-electron chi connectivity index (χ3n) is 3.33. The van der Waals surface area contributed by atoms with Gasteiger partial charge in [-0.15, -0.1) is 0 Å². The number of hydrogen-bond donors (Lipinski definition) is 2. The number of rotatable bonds is 4. The molecule has 0 radical (unpaired) electrons. The van der Waals surface area contributed by atoms with Crippen LogP contribution < -0.4 is 4.83 Å². The summed E-state index contributed by atoms with van der Waals surface area (Å²) < 4.78 is 24.2. The Morgan fingerprint density at radius 3 is 2.59 bits per heavy atom. The molecule has 22 heavy (non-hydrogen) atoms. The van der Waals surface area contributed by atoms with Gasteiger partial charge in [-0.3, -0.25) is 0 Å². The van der Waals surface area contributed by atoms with Crippen molar-refractivity contribution in [3.05, 3.63) is 65.9 Å². The molecule has 2 N–H and O–H groups in total. The summed E-state index contributed by atoms with van der Waals surface area (Å²) in [6.07, 6.45) is 3.28. The minimum Gasteiger partial charge on any atom is -0.361 e. The van der Waals surface area contributed by atoms with Crippen LogP contribution in [0.25, 0.3) is 10.9 Å². The maximum absolute atomic E-state index is 12.1. The number of aromatic amines is 1. The summed E-state index contributed by atoms with van der Waals surface area (Å²) >= 11 is 0. The Kier molecular flexibility index (Phi) is 3.68. The molecule has 112 valence electrons. The van der Waals surface area contributed by atoms with Crippen molar-refractivity contribution >= 4 is 27.1 Å². The lowest BCUT2D eigenvalue weighted by Gasteiger charge is -2.03. The number of H-pyrrole nitrogens is 1. The number of fused-ring (bicyclic) bond motifs is 1. The van der Waals surface area contributed by atoms with Crippen LogP contribution in [0.1, 0.15) is 11.1 Å². The Morgan fingerprint density at radius 1 is 1.09 bits per heavy atom. The maximum Gasteiger partial charge on any atom is 0.276 e. The molecular weight excluding hydrogens is 298 g/mol. The lowest BCUT2D eigenvalue weighted by molar-refractivity contribution is 0.584. The lowest BCUT2D eigenvalue weighted by atomic mass is 10.2. The summed E-state index contributed by atoms with van der Waals surface area (Å²) in [7, 11) is -3.64. The Balaban J connectivity index is 1.80. The Hall–Kier alpha value is -2.60. The SMILES string of the molecule is Cc1ccc(S(=O)(=O)NN=Cc2c[nH]c3ccccc23)cc1. The molecule has 0 aliphatic carbocycles. The molecule has 3 rings (SSSR count).